The van der Waals surface area contributed by atoms with Crippen molar-refractivity contribution in [3.63, 3.8) is 0 Å². The summed E-state index contributed by atoms with van der Waals surface area (Å²) in [6.45, 7) is 6.36. The molecule has 0 radical (unpaired) electrons. The van der Waals surface area contributed by atoms with Crippen LogP contribution in [0.25, 0.3) is 11.5 Å². The first-order chi connectivity index (χ1) is 10.1. The fourth-order valence-electron chi connectivity index (χ4n) is 2.96. The van der Waals surface area contributed by atoms with Crippen LogP contribution in [0.1, 0.15) is 31.0 Å². The van der Waals surface area contributed by atoms with Gasteiger partial charge in [0.05, 0.1) is 11.3 Å². The summed E-state index contributed by atoms with van der Waals surface area (Å²) in [5, 5.41) is 10.2. The molecule has 2 heterocycles. The van der Waals surface area contributed by atoms with Gasteiger partial charge in [0.15, 0.2) is 0 Å². The van der Waals surface area contributed by atoms with Gasteiger partial charge in [-0.2, -0.15) is 0 Å². The Balaban J connectivity index is 1.60. The van der Waals surface area contributed by atoms with Crippen LogP contribution in [0.15, 0.2) is 34.9 Å². The second kappa shape index (κ2) is 5.62. The number of benzene rings is 1. The third kappa shape index (κ3) is 3.17. The minimum Gasteiger partial charge on any atom is -0.444 e. The lowest BCUT2D eigenvalue weighted by Crippen LogP contribution is -2.60. The van der Waals surface area contributed by atoms with E-state index in [0.29, 0.717) is 5.89 Å². The molecule has 1 saturated heterocycles. The van der Waals surface area contributed by atoms with Crippen LogP contribution >= 0.6 is 0 Å². The zero-order valence-corrected chi connectivity index (χ0v) is 12.7. The number of oxazole rings is 1. The summed E-state index contributed by atoms with van der Waals surface area (Å²) in [6.07, 6.45) is 3.61. The highest BCUT2D eigenvalue weighted by molar-refractivity contribution is 5.53. The van der Waals surface area contributed by atoms with E-state index in [0.717, 1.165) is 43.7 Å². The number of hydrogen-bond donors (Lipinski definition) is 1. The van der Waals surface area contributed by atoms with Crippen molar-refractivity contribution >= 4 is 0 Å². The molecule has 0 saturated carbocycles. The second-order valence-corrected chi connectivity index (χ2v) is 6.13. The highest BCUT2D eigenvalue weighted by Crippen LogP contribution is 2.27. The Morgan fingerprint density at radius 3 is 2.67 bits per heavy atom. The van der Waals surface area contributed by atoms with Crippen LogP contribution in [0.5, 0.6) is 0 Å². The molecule has 0 amide bonds. The lowest BCUT2D eigenvalue weighted by atomic mass is 9.89. The number of hydrogen-bond acceptors (Lipinski definition) is 4. The number of aromatic nitrogens is 1. The van der Waals surface area contributed by atoms with Gasteiger partial charge in [-0.1, -0.05) is 31.0 Å². The third-order valence-electron chi connectivity index (χ3n) is 3.99. The van der Waals surface area contributed by atoms with Crippen molar-refractivity contribution < 1.29 is 9.52 Å². The summed E-state index contributed by atoms with van der Waals surface area (Å²) in [7, 11) is 0. The number of rotatable bonds is 5. The number of β-amino-alcohol motifs (C(OH)–C–C–N with tert-alkyl or cyclic N) is 1. The maximum absolute atomic E-state index is 10.2. The maximum atomic E-state index is 10.2. The van der Waals surface area contributed by atoms with E-state index in [4.69, 9.17) is 4.42 Å². The second-order valence-electron chi connectivity index (χ2n) is 6.13. The molecule has 0 aliphatic carbocycles. The molecule has 1 aliphatic heterocycles. The molecule has 0 atom stereocenters. The Labute approximate surface area is 125 Å². The maximum Gasteiger partial charge on any atom is 0.226 e. The average Bonchev–Trinajstić information content (AvgIpc) is 2.87. The number of nitrogens with zero attached hydrogens (tertiary/aromatic N) is 2. The summed E-state index contributed by atoms with van der Waals surface area (Å²) in [5.41, 5.74) is 2.65. The van der Waals surface area contributed by atoms with Gasteiger partial charge in [-0.15, -0.1) is 0 Å². The Kier molecular flexibility index (Phi) is 3.83. The molecular weight excluding hydrogens is 264 g/mol. The van der Waals surface area contributed by atoms with Crippen LogP contribution in [0.2, 0.25) is 0 Å². The largest absolute Gasteiger partial charge is 0.444 e. The monoisotopic (exact) mass is 286 g/mol. The standard InChI is InChI=1S/C17H22N2O2/c1-3-8-17(20)11-19(12-17)9-15-10-21-16(18-15)14-6-4-13(2)5-7-14/h4-7,10,20H,3,8-9,11-12H2,1-2H3. The van der Waals surface area contributed by atoms with E-state index in [1.165, 1.54) is 5.56 Å². The van der Waals surface area contributed by atoms with Crippen molar-refractivity contribution in [2.24, 2.45) is 0 Å². The quantitative estimate of drug-likeness (QED) is 0.918. The normalized spacial score (nSPS) is 17.7. The molecule has 112 valence electrons. The molecule has 1 aromatic carbocycles. The Morgan fingerprint density at radius 2 is 2.00 bits per heavy atom. The Morgan fingerprint density at radius 1 is 1.29 bits per heavy atom. The Bertz CT molecular complexity index is 598. The van der Waals surface area contributed by atoms with Crippen LogP contribution in [0.4, 0.5) is 0 Å². The molecule has 21 heavy (non-hydrogen) atoms. The van der Waals surface area contributed by atoms with Gasteiger partial charge >= 0.3 is 0 Å². The number of aliphatic hydroxyl groups is 1. The van der Waals surface area contributed by atoms with Crippen LogP contribution < -0.4 is 0 Å². The molecule has 0 bridgehead atoms. The summed E-state index contributed by atoms with van der Waals surface area (Å²) < 4.78 is 5.56. The molecule has 0 unspecified atom stereocenters. The van der Waals surface area contributed by atoms with Crippen molar-refractivity contribution in [1.29, 1.82) is 0 Å². The summed E-state index contributed by atoms with van der Waals surface area (Å²) in [6, 6.07) is 8.15. The van der Waals surface area contributed by atoms with Crippen LogP contribution in [0, 0.1) is 6.92 Å². The van der Waals surface area contributed by atoms with E-state index in [-0.39, 0.29) is 0 Å². The first kappa shape index (κ1) is 14.3. The van der Waals surface area contributed by atoms with Crippen LogP contribution in [-0.2, 0) is 6.54 Å². The van der Waals surface area contributed by atoms with Crippen molar-refractivity contribution in [3.05, 3.63) is 41.8 Å². The molecule has 1 fully saturated rings. The zero-order valence-electron chi connectivity index (χ0n) is 12.7. The van der Waals surface area contributed by atoms with E-state index in [1.807, 2.05) is 12.1 Å². The third-order valence-corrected chi connectivity index (χ3v) is 3.99. The predicted octanol–water partition coefficient (Wildman–Crippen LogP) is 3.00. The van der Waals surface area contributed by atoms with E-state index >= 15 is 0 Å². The van der Waals surface area contributed by atoms with Gasteiger partial charge in [0.2, 0.25) is 5.89 Å². The summed E-state index contributed by atoms with van der Waals surface area (Å²) >= 11 is 0. The minimum absolute atomic E-state index is 0.488. The van der Waals surface area contributed by atoms with E-state index < -0.39 is 5.60 Å². The highest BCUT2D eigenvalue weighted by atomic mass is 16.3. The number of aryl methyl sites for hydroxylation is 1. The van der Waals surface area contributed by atoms with E-state index in [2.05, 4.69) is 35.9 Å². The van der Waals surface area contributed by atoms with Crippen molar-refractivity contribution in [2.75, 3.05) is 13.1 Å². The fraction of sp³-hybridized carbons (Fsp3) is 0.471. The lowest BCUT2D eigenvalue weighted by Gasteiger charge is -2.46. The molecule has 1 aromatic heterocycles. The first-order valence-electron chi connectivity index (χ1n) is 7.54. The summed E-state index contributed by atoms with van der Waals surface area (Å²) in [5.74, 6) is 0.661. The molecule has 4 nitrogen and oxygen atoms in total. The molecule has 0 spiro atoms. The van der Waals surface area contributed by atoms with Crippen LogP contribution in [0.3, 0.4) is 0 Å². The van der Waals surface area contributed by atoms with Gasteiger partial charge in [0.25, 0.3) is 0 Å². The van der Waals surface area contributed by atoms with Crippen molar-refractivity contribution in [2.45, 2.75) is 38.8 Å². The van der Waals surface area contributed by atoms with Gasteiger partial charge < -0.3 is 9.52 Å². The fourth-order valence-corrected chi connectivity index (χ4v) is 2.96. The zero-order chi connectivity index (χ0) is 14.9. The lowest BCUT2D eigenvalue weighted by molar-refractivity contribution is -0.107. The highest BCUT2D eigenvalue weighted by Gasteiger charge is 2.40. The topological polar surface area (TPSA) is 49.5 Å². The van der Waals surface area contributed by atoms with Crippen molar-refractivity contribution in [1.82, 2.24) is 9.88 Å². The minimum atomic E-state index is -0.488. The van der Waals surface area contributed by atoms with Gasteiger partial charge in [0.1, 0.15) is 6.26 Å². The van der Waals surface area contributed by atoms with Gasteiger partial charge in [-0.25, -0.2) is 4.98 Å². The molecular formula is C17H22N2O2. The van der Waals surface area contributed by atoms with Crippen molar-refractivity contribution in [3.8, 4) is 11.5 Å². The molecule has 3 rings (SSSR count). The van der Waals surface area contributed by atoms with Gasteiger partial charge in [-0.05, 0) is 25.5 Å². The SMILES string of the molecule is CCCC1(O)CN(Cc2coc(-c3ccc(C)cc3)n2)C1. The predicted molar refractivity (Wildman–Crippen MR) is 81.8 cm³/mol. The van der Waals surface area contributed by atoms with E-state index in [1.54, 1.807) is 6.26 Å². The smallest absolute Gasteiger partial charge is 0.226 e. The average molecular weight is 286 g/mol. The molecule has 1 N–H and O–H groups in total. The first-order valence-corrected chi connectivity index (χ1v) is 7.54. The summed E-state index contributed by atoms with van der Waals surface area (Å²) in [4.78, 5) is 6.74. The number of likely N-dealkylation sites (tertiary alicyclic amines) is 1. The van der Waals surface area contributed by atoms with E-state index in [9.17, 15) is 5.11 Å². The molecule has 4 heteroatoms. The molecule has 2 aromatic rings. The van der Waals surface area contributed by atoms with Gasteiger partial charge in [0, 0.05) is 25.2 Å². The van der Waals surface area contributed by atoms with Gasteiger partial charge in [-0.3, -0.25) is 4.90 Å². The molecule has 1 aliphatic rings. The Hall–Kier alpha value is -1.65. The van der Waals surface area contributed by atoms with Crippen LogP contribution in [-0.4, -0.2) is 33.7 Å².